The van der Waals surface area contributed by atoms with E-state index in [0.717, 1.165) is 0 Å². The van der Waals surface area contributed by atoms with Crippen LogP contribution in [0.25, 0.3) is 0 Å². The number of hydrogen-bond acceptors (Lipinski definition) is 0. The Bertz CT molecular complexity index is 465. The molecular weight excluding hydrogens is 495 g/mol. The molecule has 2 atom stereocenters. The topological polar surface area (TPSA) is 0 Å². The summed E-state index contributed by atoms with van der Waals surface area (Å²) < 4.78 is 0.896. The summed E-state index contributed by atoms with van der Waals surface area (Å²) in [4.78, 5) is 0. The summed E-state index contributed by atoms with van der Waals surface area (Å²) in [6.45, 7) is 14.8. The minimum atomic E-state index is -1.70. The van der Waals surface area contributed by atoms with Crippen molar-refractivity contribution in [1.29, 1.82) is 0 Å². The average Bonchev–Trinajstić information content (AvgIpc) is 2.92. The van der Waals surface area contributed by atoms with Gasteiger partial charge in [0.2, 0.25) is 0 Å². The average molecular weight is 525 g/mol. The molecule has 0 aromatic carbocycles. The summed E-state index contributed by atoms with van der Waals surface area (Å²) >= 11 is -1.70. The molecule has 0 amide bonds. The van der Waals surface area contributed by atoms with Crippen LogP contribution in [-0.4, -0.2) is 5.92 Å². The van der Waals surface area contributed by atoms with E-state index in [2.05, 4.69) is 78.0 Å². The van der Waals surface area contributed by atoms with E-state index in [1.54, 1.807) is 11.1 Å². The zero-order valence-electron chi connectivity index (χ0n) is 14.7. The molecule has 2 unspecified atom stereocenters. The third-order valence-corrected chi connectivity index (χ3v) is 35.9. The standard InChI is InChI=1S/2C7H9.C4H11Si.2BrH.Zr/c2*1-6-4-3-5-7(6)2;1-3-5-4-2;;;/h2*3-5H,1-2H3;5H,3-4H2,1-2H3;2*1H;/q;;;;;+2/p-2. The van der Waals surface area contributed by atoms with Gasteiger partial charge >= 0.3 is 134 Å². The maximum Gasteiger partial charge on any atom is -1.00 e. The van der Waals surface area contributed by atoms with Crippen LogP contribution >= 0.6 is 0 Å². The molecule has 2 aliphatic rings. The summed E-state index contributed by atoms with van der Waals surface area (Å²) in [7, 11) is 0. The van der Waals surface area contributed by atoms with E-state index in [9.17, 15) is 0 Å². The molecule has 0 radical (unpaired) electrons. The van der Waals surface area contributed by atoms with E-state index in [4.69, 9.17) is 0 Å². The molecule has 0 spiro atoms. The normalized spacial score (nSPS) is 29.0. The Balaban J connectivity index is 0.00000220. The van der Waals surface area contributed by atoms with Gasteiger partial charge in [0.25, 0.3) is 0 Å². The van der Waals surface area contributed by atoms with Crippen LogP contribution in [0.2, 0.25) is 18.3 Å². The predicted octanol–water partition coefficient (Wildman–Crippen LogP) is -0.234. The van der Waals surface area contributed by atoms with Crippen molar-refractivity contribution in [1.82, 2.24) is 0 Å². The third kappa shape index (κ3) is 3.81. The Hall–Kier alpha value is 1.02. The van der Waals surface area contributed by atoms with Crippen molar-refractivity contribution in [2.75, 3.05) is 0 Å². The van der Waals surface area contributed by atoms with Gasteiger partial charge in [-0.15, -0.1) is 0 Å². The summed E-state index contributed by atoms with van der Waals surface area (Å²) in [5.41, 5.74) is 3.28. The van der Waals surface area contributed by atoms with Gasteiger partial charge in [0, 0.05) is 0 Å². The second-order valence-electron chi connectivity index (χ2n) is 6.75. The zero-order valence-corrected chi connectivity index (χ0v) is 21.5. The number of hydrogen-bond donors (Lipinski definition) is 0. The van der Waals surface area contributed by atoms with Crippen molar-refractivity contribution >= 4 is 5.92 Å². The minimum Gasteiger partial charge on any atom is -1.00 e. The molecule has 0 bridgehead atoms. The van der Waals surface area contributed by atoms with Crippen molar-refractivity contribution < 1.29 is 54.9 Å². The van der Waals surface area contributed by atoms with Crippen LogP contribution in [0.15, 0.2) is 47.6 Å². The Kier molecular flexibility index (Phi) is 9.34. The molecule has 0 aromatic heterocycles. The van der Waals surface area contributed by atoms with Crippen molar-refractivity contribution in [3.05, 3.63) is 47.6 Å². The number of allylic oxidation sites excluding steroid dienone is 8. The molecule has 0 aliphatic heterocycles. The molecule has 0 N–H and O–H groups in total. The van der Waals surface area contributed by atoms with Gasteiger partial charge in [-0.3, -0.25) is 0 Å². The van der Waals surface area contributed by atoms with E-state index in [0.29, 0.717) is 6.25 Å². The van der Waals surface area contributed by atoms with Gasteiger partial charge in [-0.2, -0.15) is 0 Å². The van der Waals surface area contributed by atoms with Gasteiger partial charge in [0.1, 0.15) is 0 Å². The van der Waals surface area contributed by atoms with Crippen molar-refractivity contribution in [2.24, 2.45) is 0 Å². The zero-order chi connectivity index (χ0) is 15.0. The first-order chi connectivity index (χ1) is 9.40. The molecule has 0 aromatic rings. The number of halogens is 2. The summed E-state index contributed by atoms with van der Waals surface area (Å²) in [6, 6.07) is 2.97. The van der Waals surface area contributed by atoms with Gasteiger partial charge in [-0.25, -0.2) is 0 Å². The maximum atomic E-state index is 2.56. The molecule has 2 aliphatic carbocycles. The van der Waals surface area contributed by atoms with E-state index in [-0.39, 0.29) is 34.0 Å². The first-order valence-corrected chi connectivity index (χ1v) is 16.9. The Labute approximate surface area is 167 Å². The fourth-order valence-corrected chi connectivity index (χ4v) is 36.0. The number of rotatable bonds is 5. The van der Waals surface area contributed by atoms with Crippen LogP contribution in [0, 0.1) is 0 Å². The smallest absolute Gasteiger partial charge is 1.00 e. The second-order valence-corrected chi connectivity index (χ2v) is 26.4. The first-order valence-electron chi connectivity index (χ1n) is 8.01. The van der Waals surface area contributed by atoms with Gasteiger partial charge in [0.05, 0.1) is 0 Å². The van der Waals surface area contributed by atoms with E-state index in [1.807, 2.05) is 0 Å². The van der Waals surface area contributed by atoms with Crippen LogP contribution in [-0.2, 0) is 20.9 Å². The molecule has 123 valence electrons. The van der Waals surface area contributed by atoms with E-state index < -0.39 is 26.8 Å². The van der Waals surface area contributed by atoms with Gasteiger partial charge in [0.15, 0.2) is 0 Å². The van der Waals surface area contributed by atoms with Gasteiger partial charge in [-0.1, -0.05) is 0 Å². The fraction of sp³-hybridized carbons (Fsp3) is 0.556. The summed E-state index contributed by atoms with van der Waals surface area (Å²) in [5, 5.41) is 0. The Morgan fingerprint density at radius 2 is 1.23 bits per heavy atom. The van der Waals surface area contributed by atoms with Crippen LogP contribution in [0.1, 0.15) is 41.5 Å². The van der Waals surface area contributed by atoms with Crippen molar-refractivity contribution in [2.45, 2.75) is 59.9 Å². The maximum absolute atomic E-state index is 2.56. The van der Waals surface area contributed by atoms with Crippen LogP contribution < -0.4 is 34.0 Å². The molecular formula is C18H29Br2SiZr. The van der Waals surface area contributed by atoms with Crippen LogP contribution in [0.5, 0.6) is 0 Å². The molecule has 0 nitrogen and oxygen atoms in total. The first kappa shape index (κ1) is 23.0. The fourth-order valence-electron chi connectivity index (χ4n) is 4.07. The molecule has 22 heavy (non-hydrogen) atoms. The second kappa shape index (κ2) is 8.92. The van der Waals surface area contributed by atoms with Gasteiger partial charge in [-0.05, 0) is 0 Å². The largest absolute Gasteiger partial charge is 1.00 e. The van der Waals surface area contributed by atoms with Crippen LogP contribution in [0.3, 0.4) is 0 Å². The van der Waals surface area contributed by atoms with E-state index in [1.165, 1.54) is 12.1 Å². The Morgan fingerprint density at radius 3 is 1.45 bits per heavy atom. The molecule has 0 saturated carbocycles. The molecule has 0 fully saturated rings. The predicted molar refractivity (Wildman–Crippen MR) is 90.6 cm³/mol. The molecule has 4 heteroatoms. The Morgan fingerprint density at radius 1 is 0.864 bits per heavy atom. The summed E-state index contributed by atoms with van der Waals surface area (Å²) in [6.07, 6.45) is 14.5. The van der Waals surface area contributed by atoms with Crippen LogP contribution in [0.4, 0.5) is 0 Å². The van der Waals surface area contributed by atoms with Crippen molar-refractivity contribution in [3.63, 3.8) is 0 Å². The molecule has 0 heterocycles. The SMILES string of the molecule is CC[SiH](CC)[Zr+2]([C]1(C)C=CC=C1C)[C]1(C)C=CC=C1C.[Br-].[Br-]. The quantitative estimate of drug-likeness (QED) is 0.436. The minimum absolute atomic E-state index is 0. The third-order valence-electron chi connectivity index (χ3n) is 5.70. The van der Waals surface area contributed by atoms with Crippen molar-refractivity contribution in [3.8, 4) is 0 Å². The summed E-state index contributed by atoms with van der Waals surface area (Å²) in [5.74, 6) is -0.612. The van der Waals surface area contributed by atoms with E-state index >= 15 is 0 Å². The monoisotopic (exact) mass is 521 g/mol. The van der Waals surface area contributed by atoms with Gasteiger partial charge < -0.3 is 34.0 Å². The molecule has 0 saturated heterocycles. The molecule has 2 rings (SSSR count).